The van der Waals surface area contributed by atoms with Gasteiger partial charge >= 0.3 is 0 Å². The Morgan fingerprint density at radius 2 is 1.67 bits per heavy atom. The molecule has 2 aromatic carbocycles. The van der Waals surface area contributed by atoms with Gasteiger partial charge in [0.2, 0.25) is 0 Å². The number of carbonyl (C=O) groups is 1. The van der Waals surface area contributed by atoms with Gasteiger partial charge < -0.3 is 10.2 Å². The van der Waals surface area contributed by atoms with E-state index in [4.69, 9.17) is 0 Å². The molecule has 27 heavy (non-hydrogen) atoms. The third-order valence-corrected chi connectivity index (χ3v) is 6.77. The molecule has 0 spiro atoms. The van der Waals surface area contributed by atoms with Crippen molar-refractivity contribution < 1.29 is 13.2 Å². The first-order valence-corrected chi connectivity index (χ1v) is 11.0. The summed E-state index contributed by atoms with van der Waals surface area (Å²) in [6, 6.07) is 15.4. The number of rotatable bonds is 6. The number of hydrogen-bond acceptors (Lipinski definition) is 4. The molecule has 1 saturated heterocycles. The van der Waals surface area contributed by atoms with Crippen molar-refractivity contribution in [3.05, 3.63) is 65.7 Å². The lowest BCUT2D eigenvalue weighted by molar-refractivity contribution is 0.0690. The summed E-state index contributed by atoms with van der Waals surface area (Å²) in [5, 5.41) is 3.19. The number of likely N-dealkylation sites (tertiary alicyclic amines) is 1. The predicted octanol–water partition coefficient (Wildman–Crippen LogP) is 2.73. The molecular weight excluding hydrogens is 360 g/mol. The molecule has 1 fully saturated rings. The topological polar surface area (TPSA) is 66.5 Å². The van der Waals surface area contributed by atoms with Crippen LogP contribution in [0, 0.1) is 5.92 Å². The maximum atomic E-state index is 13.0. The first-order valence-electron chi connectivity index (χ1n) is 9.31. The van der Waals surface area contributed by atoms with Crippen LogP contribution in [-0.2, 0) is 15.6 Å². The summed E-state index contributed by atoms with van der Waals surface area (Å²) in [6.07, 6.45) is 1.94. The standard InChI is InChI=1S/C21H26N2O3S/c1-22-15-17-11-13-23(14-12-17)21(24)20-10-6-5-7-18(20)16-27(25,26)19-8-3-2-4-9-19/h2-10,17,22H,11-16H2,1H3. The molecule has 0 aliphatic carbocycles. The fraction of sp³-hybridized carbons (Fsp3) is 0.381. The van der Waals surface area contributed by atoms with Gasteiger partial charge in [0, 0.05) is 18.7 Å². The molecule has 0 atom stereocenters. The monoisotopic (exact) mass is 386 g/mol. The largest absolute Gasteiger partial charge is 0.339 e. The maximum Gasteiger partial charge on any atom is 0.254 e. The van der Waals surface area contributed by atoms with E-state index in [-0.39, 0.29) is 16.6 Å². The molecule has 1 aliphatic heterocycles. The summed E-state index contributed by atoms with van der Waals surface area (Å²) in [5.74, 6) is 0.347. The van der Waals surface area contributed by atoms with Crippen molar-refractivity contribution in [2.45, 2.75) is 23.5 Å². The van der Waals surface area contributed by atoms with Gasteiger partial charge in [0.1, 0.15) is 0 Å². The second-order valence-electron chi connectivity index (χ2n) is 7.02. The number of nitrogens with zero attached hydrogens (tertiary/aromatic N) is 1. The Morgan fingerprint density at radius 1 is 1.04 bits per heavy atom. The third-order valence-electron chi connectivity index (χ3n) is 5.09. The van der Waals surface area contributed by atoms with Gasteiger partial charge in [-0.15, -0.1) is 0 Å². The highest BCUT2D eigenvalue weighted by atomic mass is 32.2. The normalized spacial score (nSPS) is 15.7. The van der Waals surface area contributed by atoms with Crippen LogP contribution in [0.3, 0.4) is 0 Å². The van der Waals surface area contributed by atoms with E-state index in [1.54, 1.807) is 54.6 Å². The Bertz CT molecular complexity index is 873. The van der Waals surface area contributed by atoms with Gasteiger partial charge in [-0.25, -0.2) is 8.42 Å². The van der Waals surface area contributed by atoms with Crippen molar-refractivity contribution >= 4 is 15.7 Å². The Balaban J connectivity index is 1.77. The van der Waals surface area contributed by atoms with E-state index in [2.05, 4.69) is 5.32 Å². The zero-order valence-electron chi connectivity index (χ0n) is 15.6. The van der Waals surface area contributed by atoms with Crippen LogP contribution in [0.1, 0.15) is 28.8 Å². The average Bonchev–Trinajstić information content (AvgIpc) is 2.69. The lowest BCUT2D eigenvalue weighted by Gasteiger charge is -2.32. The predicted molar refractivity (Wildman–Crippen MR) is 106 cm³/mol. The van der Waals surface area contributed by atoms with Gasteiger partial charge in [0.25, 0.3) is 5.91 Å². The Labute approximate surface area is 161 Å². The summed E-state index contributed by atoms with van der Waals surface area (Å²) >= 11 is 0. The first kappa shape index (κ1) is 19.6. The molecule has 1 aliphatic rings. The Morgan fingerprint density at radius 3 is 2.33 bits per heavy atom. The minimum absolute atomic E-state index is 0.0724. The summed E-state index contributed by atoms with van der Waals surface area (Å²) in [6.45, 7) is 2.39. The summed E-state index contributed by atoms with van der Waals surface area (Å²) in [5.41, 5.74) is 1.05. The molecule has 0 aromatic heterocycles. The summed E-state index contributed by atoms with van der Waals surface area (Å²) in [4.78, 5) is 15.1. The van der Waals surface area contributed by atoms with Gasteiger partial charge in [-0.3, -0.25) is 4.79 Å². The number of sulfone groups is 1. The summed E-state index contributed by atoms with van der Waals surface area (Å²) in [7, 11) is -1.55. The molecule has 144 valence electrons. The maximum absolute atomic E-state index is 13.0. The minimum atomic E-state index is -3.50. The fourth-order valence-corrected chi connectivity index (χ4v) is 4.97. The van der Waals surface area contributed by atoms with E-state index in [0.717, 1.165) is 19.4 Å². The van der Waals surface area contributed by atoms with E-state index >= 15 is 0 Å². The number of hydrogen-bond donors (Lipinski definition) is 1. The molecule has 6 heteroatoms. The molecule has 1 N–H and O–H groups in total. The molecule has 1 heterocycles. The van der Waals surface area contributed by atoms with Crippen LogP contribution in [-0.4, -0.2) is 45.9 Å². The lowest BCUT2D eigenvalue weighted by atomic mass is 9.96. The zero-order valence-corrected chi connectivity index (χ0v) is 16.4. The van der Waals surface area contributed by atoms with Crippen molar-refractivity contribution in [3.63, 3.8) is 0 Å². The molecule has 2 aromatic rings. The molecule has 1 amide bonds. The second kappa shape index (κ2) is 8.67. The fourth-order valence-electron chi connectivity index (χ4n) is 3.57. The van der Waals surface area contributed by atoms with Crippen LogP contribution in [0.2, 0.25) is 0 Å². The van der Waals surface area contributed by atoms with E-state index in [0.29, 0.717) is 30.1 Å². The highest BCUT2D eigenvalue weighted by Gasteiger charge is 2.26. The van der Waals surface area contributed by atoms with Crippen molar-refractivity contribution in [2.75, 3.05) is 26.7 Å². The van der Waals surface area contributed by atoms with Gasteiger partial charge in [-0.1, -0.05) is 36.4 Å². The van der Waals surface area contributed by atoms with Gasteiger partial charge in [0.15, 0.2) is 9.84 Å². The van der Waals surface area contributed by atoms with Crippen molar-refractivity contribution in [1.82, 2.24) is 10.2 Å². The second-order valence-corrected chi connectivity index (χ2v) is 9.01. The molecule has 3 rings (SSSR count). The number of piperidine rings is 1. The van der Waals surface area contributed by atoms with Gasteiger partial charge in [0.05, 0.1) is 10.6 Å². The van der Waals surface area contributed by atoms with Crippen molar-refractivity contribution in [3.8, 4) is 0 Å². The molecule has 0 bridgehead atoms. The van der Waals surface area contributed by atoms with E-state index in [1.807, 2.05) is 11.9 Å². The average molecular weight is 387 g/mol. The molecule has 0 radical (unpaired) electrons. The van der Waals surface area contributed by atoms with Gasteiger partial charge in [-0.05, 0) is 56.1 Å². The number of amides is 1. The van der Waals surface area contributed by atoms with Crippen molar-refractivity contribution in [2.24, 2.45) is 5.92 Å². The van der Waals surface area contributed by atoms with Crippen LogP contribution >= 0.6 is 0 Å². The smallest absolute Gasteiger partial charge is 0.254 e. The van der Waals surface area contributed by atoms with E-state index in [1.165, 1.54) is 0 Å². The summed E-state index contributed by atoms with van der Waals surface area (Å²) < 4.78 is 25.5. The van der Waals surface area contributed by atoms with Crippen LogP contribution in [0.4, 0.5) is 0 Å². The van der Waals surface area contributed by atoms with Crippen LogP contribution in [0.25, 0.3) is 0 Å². The number of carbonyl (C=O) groups excluding carboxylic acids is 1. The van der Waals surface area contributed by atoms with Crippen molar-refractivity contribution in [1.29, 1.82) is 0 Å². The van der Waals surface area contributed by atoms with Crippen LogP contribution < -0.4 is 5.32 Å². The Hall–Kier alpha value is -2.18. The van der Waals surface area contributed by atoms with Crippen LogP contribution in [0.5, 0.6) is 0 Å². The minimum Gasteiger partial charge on any atom is -0.339 e. The lowest BCUT2D eigenvalue weighted by Crippen LogP contribution is -2.40. The zero-order chi connectivity index (χ0) is 19.3. The molecule has 0 unspecified atom stereocenters. The quantitative estimate of drug-likeness (QED) is 0.829. The highest BCUT2D eigenvalue weighted by molar-refractivity contribution is 7.90. The van der Waals surface area contributed by atoms with Gasteiger partial charge in [-0.2, -0.15) is 0 Å². The molecule has 0 saturated carbocycles. The van der Waals surface area contributed by atoms with E-state index in [9.17, 15) is 13.2 Å². The molecule has 5 nitrogen and oxygen atoms in total. The van der Waals surface area contributed by atoms with E-state index < -0.39 is 9.84 Å². The van der Waals surface area contributed by atoms with Crippen LogP contribution in [0.15, 0.2) is 59.5 Å². The third kappa shape index (κ3) is 4.76. The highest BCUT2D eigenvalue weighted by Crippen LogP contribution is 2.23. The number of benzene rings is 2. The SMILES string of the molecule is CNCC1CCN(C(=O)c2ccccc2CS(=O)(=O)c2ccccc2)CC1. The number of nitrogens with one attached hydrogen (secondary N) is 1. The Kier molecular flexibility index (Phi) is 6.29. The molecular formula is C21H26N2O3S. The first-order chi connectivity index (χ1) is 13.0.